The first-order valence-corrected chi connectivity index (χ1v) is 5.89. The number of thioether (sulfide) groups is 1. The van der Waals surface area contributed by atoms with Crippen LogP contribution in [0.2, 0.25) is 0 Å². The van der Waals surface area contributed by atoms with Crippen molar-refractivity contribution in [2.24, 2.45) is 5.73 Å². The zero-order valence-electron chi connectivity index (χ0n) is 7.41. The van der Waals surface area contributed by atoms with Crippen molar-refractivity contribution in [2.75, 3.05) is 5.75 Å². The minimum Gasteiger partial charge on any atom is -0.327 e. The molecule has 4 heteroatoms. The molecular formula is C8H14N2S2. The summed E-state index contributed by atoms with van der Waals surface area (Å²) in [5.74, 6) is 0.976. The summed E-state index contributed by atoms with van der Waals surface area (Å²) in [7, 11) is 0. The van der Waals surface area contributed by atoms with Gasteiger partial charge in [-0.15, -0.1) is 11.3 Å². The Labute approximate surface area is 81.6 Å². The van der Waals surface area contributed by atoms with Crippen molar-refractivity contribution in [1.82, 2.24) is 4.98 Å². The number of aryl methyl sites for hydroxylation is 1. The zero-order chi connectivity index (χ0) is 8.97. The van der Waals surface area contributed by atoms with Crippen LogP contribution in [-0.2, 0) is 0 Å². The molecule has 0 aliphatic rings. The first-order valence-electron chi connectivity index (χ1n) is 4.03. The fraction of sp³-hybridized carbons (Fsp3) is 0.625. The van der Waals surface area contributed by atoms with E-state index in [1.165, 1.54) is 0 Å². The van der Waals surface area contributed by atoms with E-state index >= 15 is 0 Å². The van der Waals surface area contributed by atoms with Crippen molar-refractivity contribution in [2.45, 2.75) is 30.6 Å². The fourth-order valence-corrected chi connectivity index (χ4v) is 2.64. The summed E-state index contributed by atoms with van der Waals surface area (Å²) in [6.45, 7) is 4.12. The molecule has 0 unspecified atom stereocenters. The Morgan fingerprint density at radius 3 is 3.00 bits per heavy atom. The Bertz CT molecular complexity index is 235. The first-order chi connectivity index (χ1) is 5.72. The van der Waals surface area contributed by atoms with E-state index in [0.29, 0.717) is 6.04 Å². The van der Waals surface area contributed by atoms with E-state index < -0.39 is 0 Å². The first kappa shape index (κ1) is 10.0. The molecule has 0 saturated heterocycles. The number of nitrogens with zero attached hydrogens (tertiary/aromatic N) is 1. The Kier molecular flexibility index (Phi) is 4.05. The van der Waals surface area contributed by atoms with Crippen LogP contribution in [0.1, 0.15) is 19.0 Å². The van der Waals surface area contributed by atoms with Crippen LogP contribution in [0.3, 0.4) is 0 Å². The van der Waals surface area contributed by atoms with Crippen molar-refractivity contribution in [3.8, 4) is 0 Å². The van der Waals surface area contributed by atoms with E-state index in [2.05, 4.69) is 17.3 Å². The molecule has 0 bridgehead atoms. The SMILES string of the molecule is CC[C@@H](N)CSc1nc(C)cs1. The molecule has 0 radical (unpaired) electrons. The van der Waals surface area contributed by atoms with Gasteiger partial charge in [-0.1, -0.05) is 18.7 Å². The second-order valence-electron chi connectivity index (χ2n) is 2.73. The fourth-order valence-electron chi connectivity index (χ4n) is 0.695. The topological polar surface area (TPSA) is 38.9 Å². The van der Waals surface area contributed by atoms with Crippen LogP contribution in [0, 0.1) is 6.92 Å². The quantitative estimate of drug-likeness (QED) is 0.761. The smallest absolute Gasteiger partial charge is 0.150 e. The standard InChI is InChI=1S/C8H14N2S2/c1-3-7(9)5-12-8-10-6(2)4-11-8/h4,7H,3,5,9H2,1-2H3/t7-/m1/s1. The Morgan fingerprint density at radius 1 is 1.75 bits per heavy atom. The van der Waals surface area contributed by atoms with Gasteiger partial charge in [0.25, 0.3) is 0 Å². The monoisotopic (exact) mass is 202 g/mol. The van der Waals surface area contributed by atoms with E-state index in [1.807, 2.05) is 6.92 Å². The summed E-state index contributed by atoms with van der Waals surface area (Å²) < 4.78 is 1.14. The molecule has 0 aliphatic carbocycles. The Balaban J connectivity index is 2.33. The van der Waals surface area contributed by atoms with Gasteiger partial charge < -0.3 is 5.73 Å². The van der Waals surface area contributed by atoms with Crippen molar-refractivity contribution in [1.29, 1.82) is 0 Å². The van der Waals surface area contributed by atoms with Gasteiger partial charge in [-0.05, 0) is 13.3 Å². The van der Waals surface area contributed by atoms with Crippen molar-refractivity contribution in [3.63, 3.8) is 0 Å². The summed E-state index contributed by atoms with van der Waals surface area (Å²) in [6.07, 6.45) is 1.04. The summed E-state index contributed by atoms with van der Waals surface area (Å²) in [4.78, 5) is 4.34. The molecule has 68 valence electrons. The van der Waals surface area contributed by atoms with E-state index in [9.17, 15) is 0 Å². The highest BCUT2D eigenvalue weighted by molar-refractivity contribution is 8.01. The van der Waals surface area contributed by atoms with Gasteiger partial charge in [-0.25, -0.2) is 4.98 Å². The number of hydrogen-bond donors (Lipinski definition) is 1. The van der Waals surface area contributed by atoms with Gasteiger partial charge >= 0.3 is 0 Å². The summed E-state index contributed by atoms with van der Waals surface area (Å²) >= 11 is 3.45. The molecule has 1 rings (SSSR count). The molecule has 1 atom stereocenters. The maximum atomic E-state index is 5.78. The second kappa shape index (κ2) is 4.84. The van der Waals surface area contributed by atoms with Crippen LogP contribution in [0.5, 0.6) is 0 Å². The number of thiazole rings is 1. The van der Waals surface area contributed by atoms with E-state index in [4.69, 9.17) is 5.73 Å². The Morgan fingerprint density at radius 2 is 2.50 bits per heavy atom. The van der Waals surface area contributed by atoms with Crippen molar-refractivity contribution < 1.29 is 0 Å². The lowest BCUT2D eigenvalue weighted by molar-refractivity contribution is 0.724. The van der Waals surface area contributed by atoms with Gasteiger partial charge in [-0.2, -0.15) is 0 Å². The predicted octanol–water partition coefficient (Wildman–Crippen LogP) is 2.28. The van der Waals surface area contributed by atoms with Gasteiger partial charge in [0.15, 0.2) is 0 Å². The van der Waals surface area contributed by atoms with Crippen LogP contribution in [0.15, 0.2) is 9.72 Å². The van der Waals surface area contributed by atoms with Gasteiger partial charge in [0.05, 0.1) is 0 Å². The molecule has 1 aromatic rings. The molecule has 2 nitrogen and oxygen atoms in total. The summed E-state index contributed by atoms with van der Waals surface area (Å²) in [5.41, 5.74) is 6.89. The molecule has 0 fully saturated rings. The molecule has 1 heterocycles. The molecule has 0 saturated carbocycles. The predicted molar refractivity (Wildman–Crippen MR) is 55.8 cm³/mol. The highest BCUT2D eigenvalue weighted by atomic mass is 32.2. The zero-order valence-corrected chi connectivity index (χ0v) is 9.04. The second-order valence-corrected chi connectivity index (χ2v) is 4.86. The van der Waals surface area contributed by atoms with Gasteiger partial charge in [0, 0.05) is 22.9 Å². The normalized spacial score (nSPS) is 13.2. The van der Waals surface area contributed by atoms with Crippen LogP contribution in [-0.4, -0.2) is 16.8 Å². The van der Waals surface area contributed by atoms with Crippen LogP contribution in [0.4, 0.5) is 0 Å². The molecule has 12 heavy (non-hydrogen) atoms. The van der Waals surface area contributed by atoms with E-state index in [-0.39, 0.29) is 0 Å². The van der Waals surface area contributed by atoms with E-state index in [1.54, 1.807) is 23.1 Å². The van der Waals surface area contributed by atoms with E-state index in [0.717, 1.165) is 22.2 Å². The molecule has 0 aliphatic heterocycles. The lowest BCUT2D eigenvalue weighted by Gasteiger charge is -2.04. The minimum absolute atomic E-state index is 0.305. The highest BCUT2D eigenvalue weighted by Gasteiger charge is 2.03. The highest BCUT2D eigenvalue weighted by Crippen LogP contribution is 2.22. The maximum Gasteiger partial charge on any atom is 0.150 e. The van der Waals surface area contributed by atoms with Crippen LogP contribution >= 0.6 is 23.1 Å². The number of rotatable bonds is 4. The third-order valence-corrected chi connectivity index (χ3v) is 3.87. The molecule has 0 amide bonds. The molecule has 0 aromatic carbocycles. The van der Waals surface area contributed by atoms with Crippen LogP contribution in [0.25, 0.3) is 0 Å². The summed E-state index contributed by atoms with van der Waals surface area (Å²) in [6, 6.07) is 0.305. The average Bonchev–Trinajstić information content (AvgIpc) is 2.47. The van der Waals surface area contributed by atoms with Crippen molar-refractivity contribution in [3.05, 3.63) is 11.1 Å². The third kappa shape index (κ3) is 3.13. The summed E-state index contributed by atoms with van der Waals surface area (Å²) in [5, 5.41) is 2.07. The number of nitrogens with two attached hydrogens (primary N) is 1. The number of aromatic nitrogens is 1. The van der Waals surface area contributed by atoms with Gasteiger partial charge in [0.1, 0.15) is 4.34 Å². The number of hydrogen-bond acceptors (Lipinski definition) is 4. The maximum absolute atomic E-state index is 5.78. The molecular weight excluding hydrogens is 188 g/mol. The van der Waals surface area contributed by atoms with Crippen molar-refractivity contribution >= 4 is 23.1 Å². The Hall–Kier alpha value is -0.0600. The molecule has 1 aromatic heterocycles. The van der Waals surface area contributed by atoms with Gasteiger partial charge in [0.2, 0.25) is 0 Å². The lowest BCUT2D eigenvalue weighted by Crippen LogP contribution is -2.21. The molecule has 2 N–H and O–H groups in total. The molecule has 0 spiro atoms. The third-order valence-electron chi connectivity index (χ3n) is 1.54. The van der Waals surface area contributed by atoms with Gasteiger partial charge in [-0.3, -0.25) is 0 Å². The largest absolute Gasteiger partial charge is 0.327 e. The van der Waals surface area contributed by atoms with Crippen LogP contribution < -0.4 is 5.73 Å². The minimum atomic E-state index is 0.305. The lowest BCUT2D eigenvalue weighted by atomic mass is 10.3. The average molecular weight is 202 g/mol.